The maximum absolute atomic E-state index is 11.4. The molecule has 0 aromatic heterocycles. The maximum atomic E-state index is 11.4. The number of hydrogen-bond acceptors (Lipinski definition) is 4. The van der Waals surface area contributed by atoms with E-state index in [1.54, 1.807) is 6.92 Å². The predicted octanol–water partition coefficient (Wildman–Crippen LogP) is 3.80. The molecule has 0 aromatic rings. The van der Waals surface area contributed by atoms with E-state index in [1.165, 1.54) is 0 Å². The van der Waals surface area contributed by atoms with Crippen molar-refractivity contribution in [2.45, 2.75) is 77.4 Å². The molecular weight excluding hydrogens is 268 g/mol. The van der Waals surface area contributed by atoms with Gasteiger partial charge in [-0.25, -0.2) is 0 Å². The van der Waals surface area contributed by atoms with Crippen molar-refractivity contribution in [2.75, 3.05) is 0 Å². The normalized spacial score (nSPS) is 12.9. The van der Waals surface area contributed by atoms with Gasteiger partial charge in [-0.2, -0.15) is 0 Å². The van der Waals surface area contributed by atoms with Crippen LogP contribution in [0.3, 0.4) is 0 Å². The molecule has 1 unspecified atom stereocenters. The number of esters is 2. The molecule has 0 spiro atoms. The number of hydrogen-bond donors (Lipinski definition) is 0. The summed E-state index contributed by atoms with van der Waals surface area (Å²) >= 11 is 5.53. The van der Waals surface area contributed by atoms with Gasteiger partial charge in [-0.15, -0.1) is 0 Å². The molecule has 19 heavy (non-hydrogen) atoms. The number of halogens is 1. The molecule has 0 heterocycles. The fourth-order valence-electron chi connectivity index (χ4n) is 1.52. The summed E-state index contributed by atoms with van der Waals surface area (Å²) in [5.41, 5.74) is -0.987. The highest BCUT2D eigenvalue weighted by Gasteiger charge is 2.15. The summed E-state index contributed by atoms with van der Waals surface area (Å²) in [6.45, 7) is 7.18. The van der Waals surface area contributed by atoms with Crippen LogP contribution in [0.15, 0.2) is 0 Å². The SMILES string of the molecule is CC(Cl)OC(=O)CCCCCCC(=O)OC(C)(C)C. The Morgan fingerprint density at radius 2 is 1.47 bits per heavy atom. The van der Waals surface area contributed by atoms with Crippen LogP contribution in [0, 0.1) is 0 Å². The third-order valence-electron chi connectivity index (χ3n) is 2.23. The zero-order valence-electron chi connectivity index (χ0n) is 12.3. The average molecular weight is 293 g/mol. The minimum absolute atomic E-state index is 0.164. The lowest BCUT2D eigenvalue weighted by molar-refractivity contribution is -0.155. The molecule has 0 N–H and O–H groups in total. The minimum atomic E-state index is -0.570. The van der Waals surface area contributed by atoms with Gasteiger partial charge in [0.25, 0.3) is 0 Å². The first-order valence-corrected chi connectivity index (χ1v) is 7.20. The van der Waals surface area contributed by atoms with E-state index in [9.17, 15) is 9.59 Å². The van der Waals surface area contributed by atoms with Crippen LogP contribution in [0.5, 0.6) is 0 Å². The van der Waals surface area contributed by atoms with Crippen molar-refractivity contribution in [1.82, 2.24) is 0 Å². The molecule has 4 nitrogen and oxygen atoms in total. The van der Waals surface area contributed by atoms with Crippen LogP contribution in [0.25, 0.3) is 0 Å². The van der Waals surface area contributed by atoms with Crippen molar-refractivity contribution in [2.24, 2.45) is 0 Å². The Labute approximate surface area is 120 Å². The minimum Gasteiger partial charge on any atom is -0.460 e. The zero-order valence-corrected chi connectivity index (χ0v) is 13.1. The second-order valence-corrected chi connectivity index (χ2v) is 6.15. The van der Waals surface area contributed by atoms with Crippen LogP contribution in [0.1, 0.15) is 66.2 Å². The Balaban J connectivity index is 3.46. The van der Waals surface area contributed by atoms with Crippen LogP contribution < -0.4 is 0 Å². The number of alkyl halides is 1. The predicted molar refractivity (Wildman–Crippen MR) is 75.0 cm³/mol. The van der Waals surface area contributed by atoms with Crippen molar-refractivity contribution in [3.8, 4) is 0 Å². The van der Waals surface area contributed by atoms with Crippen LogP contribution in [0.2, 0.25) is 0 Å². The molecule has 0 amide bonds. The lowest BCUT2D eigenvalue weighted by Gasteiger charge is -2.19. The first-order chi connectivity index (χ1) is 8.70. The molecule has 0 bridgehead atoms. The Morgan fingerprint density at radius 3 is 1.89 bits per heavy atom. The Morgan fingerprint density at radius 1 is 1.00 bits per heavy atom. The quantitative estimate of drug-likeness (QED) is 0.388. The molecule has 0 fully saturated rings. The molecule has 0 saturated heterocycles. The van der Waals surface area contributed by atoms with Gasteiger partial charge in [-0.3, -0.25) is 9.59 Å². The van der Waals surface area contributed by atoms with Gasteiger partial charge in [0.2, 0.25) is 0 Å². The first-order valence-electron chi connectivity index (χ1n) is 6.76. The van der Waals surface area contributed by atoms with Crippen LogP contribution >= 0.6 is 11.6 Å². The molecule has 0 rings (SSSR count). The Bertz CT molecular complexity index is 282. The fraction of sp³-hybridized carbons (Fsp3) is 0.857. The molecule has 1 atom stereocenters. The lowest BCUT2D eigenvalue weighted by Crippen LogP contribution is -2.23. The second-order valence-electron chi connectivity index (χ2n) is 5.53. The zero-order chi connectivity index (χ0) is 14.9. The highest BCUT2D eigenvalue weighted by atomic mass is 35.5. The highest BCUT2D eigenvalue weighted by Crippen LogP contribution is 2.12. The number of rotatable bonds is 8. The number of carbonyl (C=O) groups is 2. The molecule has 0 aliphatic carbocycles. The van der Waals surface area contributed by atoms with Crippen molar-refractivity contribution < 1.29 is 19.1 Å². The maximum Gasteiger partial charge on any atom is 0.307 e. The average Bonchev–Trinajstić information content (AvgIpc) is 2.19. The summed E-state index contributed by atoms with van der Waals surface area (Å²) in [6.07, 6.45) is 4.16. The van der Waals surface area contributed by atoms with E-state index in [-0.39, 0.29) is 11.9 Å². The molecule has 0 aliphatic heterocycles. The molecule has 0 aliphatic rings. The first kappa shape index (κ1) is 18.2. The number of unbranched alkanes of at least 4 members (excludes halogenated alkanes) is 3. The summed E-state index contributed by atoms with van der Waals surface area (Å²) in [4.78, 5) is 22.6. The van der Waals surface area contributed by atoms with Crippen molar-refractivity contribution in [3.05, 3.63) is 0 Å². The van der Waals surface area contributed by atoms with E-state index in [0.29, 0.717) is 12.8 Å². The summed E-state index contributed by atoms with van der Waals surface area (Å²) in [5, 5.41) is 0. The molecule has 0 aromatic carbocycles. The number of carbonyl (C=O) groups excluding carboxylic acids is 2. The van der Waals surface area contributed by atoms with Gasteiger partial charge >= 0.3 is 11.9 Å². The smallest absolute Gasteiger partial charge is 0.307 e. The molecule has 5 heteroatoms. The van der Waals surface area contributed by atoms with Crippen molar-refractivity contribution in [3.63, 3.8) is 0 Å². The van der Waals surface area contributed by atoms with E-state index in [1.807, 2.05) is 20.8 Å². The Hall–Kier alpha value is -0.770. The van der Waals surface area contributed by atoms with E-state index >= 15 is 0 Å². The topological polar surface area (TPSA) is 52.6 Å². The lowest BCUT2D eigenvalue weighted by atomic mass is 10.1. The third-order valence-corrected chi connectivity index (χ3v) is 2.31. The summed E-state index contributed by atoms with van der Waals surface area (Å²) in [5.74, 6) is -0.433. The summed E-state index contributed by atoms with van der Waals surface area (Å²) in [7, 11) is 0. The van der Waals surface area contributed by atoms with Gasteiger partial charge in [-0.1, -0.05) is 24.4 Å². The fourth-order valence-corrected chi connectivity index (χ4v) is 1.62. The van der Waals surface area contributed by atoms with Gasteiger partial charge in [-0.05, 0) is 40.5 Å². The molecule has 0 saturated carbocycles. The van der Waals surface area contributed by atoms with E-state index < -0.39 is 11.2 Å². The third kappa shape index (κ3) is 13.5. The van der Waals surface area contributed by atoms with E-state index in [2.05, 4.69) is 0 Å². The van der Waals surface area contributed by atoms with Crippen molar-refractivity contribution >= 4 is 23.5 Å². The van der Waals surface area contributed by atoms with Crippen molar-refractivity contribution in [1.29, 1.82) is 0 Å². The second kappa shape index (κ2) is 9.18. The summed E-state index contributed by atoms with van der Waals surface area (Å²) < 4.78 is 10.0. The highest BCUT2D eigenvalue weighted by molar-refractivity contribution is 6.19. The van der Waals surface area contributed by atoms with Crippen LogP contribution in [-0.2, 0) is 19.1 Å². The van der Waals surface area contributed by atoms with E-state index in [4.69, 9.17) is 21.1 Å². The van der Waals surface area contributed by atoms with E-state index in [0.717, 1.165) is 25.7 Å². The summed E-state index contributed by atoms with van der Waals surface area (Å²) in [6, 6.07) is 0. The number of ether oxygens (including phenoxy) is 2. The molecule has 112 valence electrons. The van der Waals surface area contributed by atoms with Gasteiger partial charge in [0.15, 0.2) is 5.56 Å². The molecular formula is C14H25ClO4. The van der Waals surface area contributed by atoms with Gasteiger partial charge in [0, 0.05) is 12.8 Å². The Kier molecular flexibility index (Phi) is 8.81. The van der Waals surface area contributed by atoms with Gasteiger partial charge in [0.05, 0.1) is 0 Å². The molecule has 0 radical (unpaired) electrons. The van der Waals surface area contributed by atoms with Gasteiger partial charge < -0.3 is 9.47 Å². The monoisotopic (exact) mass is 292 g/mol. The standard InChI is InChI=1S/C14H25ClO4/c1-11(15)18-12(16)9-7-5-6-8-10-13(17)19-14(2,3)4/h11H,5-10H2,1-4H3. The largest absolute Gasteiger partial charge is 0.460 e. The van der Waals surface area contributed by atoms with Crippen LogP contribution in [0.4, 0.5) is 0 Å². The van der Waals surface area contributed by atoms with Gasteiger partial charge in [0.1, 0.15) is 5.60 Å². The van der Waals surface area contributed by atoms with Crippen LogP contribution in [-0.4, -0.2) is 23.1 Å².